The number of aromatic nitrogens is 1. The number of benzene rings is 1. The number of hydrogen-bond acceptors (Lipinski definition) is 4. The van der Waals surface area contributed by atoms with Crippen molar-refractivity contribution >= 4 is 5.69 Å². The second-order valence-corrected chi connectivity index (χ2v) is 5.74. The van der Waals surface area contributed by atoms with E-state index in [1.54, 1.807) is 12.1 Å². The van der Waals surface area contributed by atoms with Crippen LogP contribution in [0.15, 0.2) is 30.3 Å². The van der Waals surface area contributed by atoms with Gasteiger partial charge >= 0.3 is 0 Å². The number of rotatable bonds is 5. The van der Waals surface area contributed by atoms with E-state index in [2.05, 4.69) is 4.98 Å². The molecule has 2 aromatic rings. The van der Waals surface area contributed by atoms with Crippen molar-refractivity contribution in [2.45, 2.75) is 39.2 Å². The van der Waals surface area contributed by atoms with Crippen LogP contribution in [0.3, 0.4) is 0 Å². The summed E-state index contributed by atoms with van der Waals surface area (Å²) in [6, 6.07) is 9.13. The number of nitro benzene ring substituents is 1. The zero-order chi connectivity index (χ0) is 15.7. The largest absolute Gasteiger partial charge is 0.472 e. The molecule has 1 aromatic heterocycles. The highest BCUT2D eigenvalue weighted by Gasteiger charge is 2.30. The van der Waals surface area contributed by atoms with Gasteiger partial charge in [-0.25, -0.2) is 4.98 Å². The first-order valence-electron chi connectivity index (χ1n) is 7.39. The molecule has 3 rings (SSSR count). The molecule has 1 aromatic carbocycles. The summed E-state index contributed by atoms with van der Waals surface area (Å²) in [6.07, 6.45) is 2.19. The Labute approximate surface area is 129 Å². The third-order valence-corrected chi connectivity index (χ3v) is 3.94. The summed E-state index contributed by atoms with van der Waals surface area (Å²) in [5.74, 6) is 0.977. The maximum Gasteiger partial charge on any atom is 0.276 e. The average Bonchev–Trinajstić information content (AvgIpc) is 3.32. The van der Waals surface area contributed by atoms with Crippen LogP contribution in [0.25, 0.3) is 0 Å². The van der Waals surface area contributed by atoms with Crippen molar-refractivity contribution in [3.05, 3.63) is 62.8 Å². The molecule has 1 saturated carbocycles. The molecular weight excluding hydrogens is 280 g/mol. The van der Waals surface area contributed by atoms with E-state index in [0.717, 1.165) is 29.7 Å². The quantitative estimate of drug-likeness (QED) is 0.616. The molecule has 0 amide bonds. The maximum absolute atomic E-state index is 11.3. The first-order chi connectivity index (χ1) is 10.6. The van der Waals surface area contributed by atoms with Gasteiger partial charge in [-0.2, -0.15) is 0 Å². The van der Waals surface area contributed by atoms with Gasteiger partial charge in [0.2, 0.25) is 5.88 Å². The van der Waals surface area contributed by atoms with E-state index >= 15 is 0 Å². The minimum Gasteiger partial charge on any atom is -0.472 e. The number of nitrogens with zero attached hydrogens (tertiary/aromatic N) is 2. The van der Waals surface area contributed by atoms with Crippen molar-refractivity contribution in [2.24, 2.45) is 0 Å². The lowest BCUT2D eigenvalue weighted by Crippen LogP contribution is -2.06. The van der Waals surface area contributed by atoms with Gasteiger partial charge in [-0.3, -0.25) is 10.1 Å². The van der Waals surface area contributed by atoms with Crippen molar-refractivity contribution in [3.63, 3.8) is 0 Å². The van der Waals surface area contributed by atoms with Crippen molar-refractivity contribution in [2.75, 3.05) is 0 Å². The van der Waals surface area contributed by atoms with Crippen LogP contribution < -0.4 is 4.74 Å². The van der Waals surface area contributed by atoms with Crippen molar-refractivity contribution < 1.29 is 9.66 Å². The SMILES string of the molecule is Cc1ccc(C)c(OCc2c(C3CC3)cccc2[N+](=O)[O-])n1. The Morgan fingerprint density at radius 2 is 2.05 bits per heavy atom. The van der Waals surface area contributed by atoms with Crippen LogP contribution in [0.4, 0.5) is 5.69 Å². The van der Waals surface area contributed by atoms with Crippen LogP contribution in [0, 0.1) is 24.0 Å². The molecule has 0 unspecified atom stereocenters. The van der Waals surface area contributed by atoms with Crippen LogP contribution in [0.1, 0.15) is 41.1 Å². The summed E-state index contributed by atoms with van der Waals surface area (Å²) >= 11 is 0. The predicted molar refractivity (Wildman–Crippen MR) is 83.1 cm³/mol. The van der Waals surface area contributed by atoms with E-state index < -0.39 is 0 Å². The highest BCUT2D eigenvalue weighted by molar-refractivity contribution is 5.48. The van der Waals surface area contributed by atoms with E-state index in [1.165, 1.54) is 0 Å². The van der Waals surface area contributed by atoms with Gasteiger partial charge in [0.1, 0.15) is 6.61 Å². The van der Waals surface area contributed by atoms with E-state index in [4.69, 9.17) is 4.74 Å². The zero-order valence-electron chi connectivity index (χ0n) is 12.7. The third kappa shape index (κ3) is 2.93. The lowest BCUT2D eigenvalue weighted by Gasteiger charge is -2.12. The molecular formula is C17H18N2O3. The highest BCUT2D eigenvalue weighted by Crippen LogP contribution is 2.43. The molecule has 1 aliphatic rings. The van der Waals surface area contributed by atoms with Crippen molar-refractivity contribution in [1.82, 2.24) is 4.98 Å². The van der Waals surface area contributed by atoms with Gasteiger partial charge in [-0.1, -0.05) is 18.2 Å². The van der Waals surface area contributed by atoms with E-state index in [1.807, 2.05) is 32.0 Å². The summed E-state index contributed by atoms with van der Waals surface area (Å²) < 4.78 is 5.80. The molecule has 5 heteroatoms. The fourth-order valence-corrected chi connectivity index (χ4v) is 2.59. The third-order valence-electron chi connectivity index (χ3n) is 3.94. The van der Waals surface area contributed by atoms with Crippen LogP contribution in [0.2, 0.25) is 0 Å². The summed E-state index contributed by atoms with van der Waals surface area (Å²) in [5, 5.41) is 11.3. The molecule has 0 bridgehead atoms. The van der Waals surface area contributed by atoms with Gasteiger partial charge in [0.25, 0.3) is 5.69 Å². The molecule has 0 saturated heterocycles. The molecule has 1 fully saturated rings. The number of aryl methyl sites for hydroxylation is 2. The van der Waals surface area contributed by atoms with E-state index in [0.29, 0.717) is 17.4 Å². The van der Waals surface area contributed by atoms with Crippen LogP contribution in [0.5, 0.6) is 5.88 Å². The molecule has 22 heavy (non-hydrogen) atoms. The molecule has 0 atom stereocenters. The fourth-order valence-electron chi connectivity index (χ4n) is 2.59. The molecule has 114 valence electrons. The lowest BCUT2D eigenvalue weighted by atomic mass is 10.0. The molecule has 0 radical (unpaired) electrons. The van der Waals surface area contributed by atoms with Gasteiger partial charge in [0.15, 0.2) is 0 Å². The van der Waals surface area contributed by atoms with Crippen LogP contribution in [-0.2, 0) is 6.61 Å². The normalized spacial score (nSPS) is 13.9. The maximum atomic E-state index is 11.3. The topological polar surface area (TPSA) is 65.3 Å². The second kappa shape index (κ2) is 5.75. The molecule has 0 spiro atoms. The Balaban J connectivity index is 1.91. The Morgan fingerprint density at radius 3 is 2.73 bits per heavy atom. The standard InChI is InChI=1S/C17H18N2O3/c1-11-6-7-12(2)18-17(11)22-10-15-14(13-8-9-13)4-3-5-16(15)19(20)21/h3-7,13H,8-10H2,1-2H3. The summed E-state index contributed by atoms with van der Waals surface area (Å²) in [5.41, 5.74) is 3.65. The smallest absolute Gasteiger partial charge is 0.276 e. The van der Waals surface area contributed by atoms with E-state index in [9.17, 15) is 10.1 Å². The first-order valence-corrected chi connectivity index (χ1v) is 7.39. The van der Waals surface area contributed by atoms with Gasteiger partial charge in [0.05, 0.1) is 10.5 Å². The number of hydrogen-bond donors (Lipinski definition) is 0. The molecule has 0 N–H and O–H groups in total. The Kier molecular flexibility index (Phi) is 3.79. The van der Waals surface area contributed by atoms with Crippen LogP contribution >= 0.6 is 0 Å². The minimum absolute atomic E-state index is 0.134. The number of ether oxygens (including phenoxy) is 1. The summed E-state index contributed by atoms with van der Waals surface area (Å²) in [6.45, 7) is 4.00. The van der Waals surface area contributed by atoms with Gasteiger partial charge in [-0.15, -0.1) is 0 Å². The van der Waals surface area contributed by atoms with E-state index in [-0.39, 0.29) is 17.2 Å². The van der Waals surface area contributed by atoms with Crippen molar-refractivity contribution in [1.29, 1.82) is 0 Å². The van der Waals surface area contributed by atoms with Gasteiger partial charge in [0, 0.05) is 17.3 Å². The zero-order valence-corrected chi connectivity index (χ0v) is 12.7. The molecule has 1 aliphatic carbocycles. The Bertz CT molecular complexity index is 724. The Hall–Kier alpha value is -2.43. The number of nitro groups is 1. The molecule has 1 heterocycles. The predicted octanol–water partition coefficient (Wildman–Crippen LogP) is 4.06. The fraction of sp³-hybridized carbons (Fsp3) is 0.353. The summed E-state index contributed by atoms with van der Waals surface area (Å²) in [7, 11) is 0. The van der Waals surface area contributed by atoms with Gasteiger partial charge < -0.3 is 4.74 Å². The monoisotopic (exact) mass is 298 g/mol. The average molecular weight is 298 g/mol. The summed E-state index contributed by atoms with van der Waals surface area (Å²) in [4.78, 5) is 15.3. The lowest BCUT2D eigenvalue weighted by molar-refractivity contribution is -0.385. The second-order valence-electron chi connectivity index (χ2n) is 5.74. The molecule has 5 nitrogen and oxygen atoms in total. The first kappa shape index (κ1) is 14.5. The Morgan fingerprint density at radius 1 is 1.27 bits per heavy atom. The highest BCUT2D eigenvalue weighted by atomic mass is 16.6. The van der Waals surface area contributed by atoms with Crippen molar-refractivity contribution in [3.8, 4) is 5.88 Å². The molecule has 0 aliphatic heterocycles. The number of pyridine rings is 1. The van der Waals surface area contributed by atoms with Gasteiger partial charge in [-0.05, 0) is 44.2 Å². The minimum atomic E-state index is -0.332. The van der Waals surface area contributed by atoms with Crippen LogP contribution in [-0.4, -0.2) is 9.91 Å².